The molecule has 0 unspecified atom stereocenters. The molecule has 0 fully saturated rings. The van der Waals surface area contributed by atoms with Crippen molar-refractivity contribution < 1.29 is 9.15 Å². The quantitative estimate of drug-likeness (QED) is 0.157. The van der Waals surface area contributed by atoms with Gasteiger partial charge in [0.15, 0.2) is 0 Å². The predicted molar refractivity (Wildman–Crippen MR) is 171 cm³/mol. The molecule has 5 aromatic rings. The minimum atomic E-state index is 0.261. The van der Waals surface area contributed by atoms with Crippen LogP contribution in [-0.2, 0) is 6.61 Å². The minimum absolute atomic E-state index is 0.261. The number of furan rings is 1. The zero-order valence-electron chi connectivity index (χ0n) is 21.7. The molecule has 0 aliphatic rings. The number of nitriles is 1. The molecule has 4 nitrogen and oxygen atoms in total. The van der Waals surface area contributed by atoms with Gasteiger partial charge >= 0.3 is 0 Å². The van der Waals surface area contributed by atoms with Crippen LogP contribution in [0.15, 0.2) is 108 Å². The van der Waals surface area contributed by atoms with Gasteiger partial charge in [0.25, 0.3) is 0 Å². The third-order valence-electron chi connectivity index (χ3n) is 6.30. The molecule has 198 valence electrons. The molecule has 4 aromatic carbocycles. The van der Waals surface area contributed by atoms with Crippen molar-refractivity contribution in [3.8, 4) is 34.3 Å². The van der Waals surface area contributed by atoms with Crippen LogP contribution in [0.4, 0.5) is 5.88 Å². The molecule has 7 heteroatoms. The van der Waals surface area contributed by atoms with Gasteiger partial charge in [0.1, 0.15) is 29.7 Å². The van der Waals surface area contributed by atoms with Gasteiger partial charge < -0.3 is 9.15 Å². The topological polar surface area (TPSA) is 58.5 Å². The summed E-state index contributed by atoms with van der Waals surface area (Å²) in [6.07, 6.45) is 1.69. The molecule has 5 rings (SSSR count). The summed E-state index contributed by atoms with van der Waals surface area (Å²) < 4.78 is 14.9. The average Bonchev–Trinajstić information content (AvgIpc) is 3.31. The Balaban J connectivity index is 1.48. The lowest BCUT2D eigenvalue weighted by molar-refractivity contribution is 0.302. The van der Waals surface area contributed by atoms with E-state index < -0.39 is 0 Å². The van der Waals surface area contributed by atoms with Gasteiger partial charge in [-0.05, 0) is 86.7 Å². The van der Waals surface area contributed by atoms with E-state index in [9.17, 15) is 5.26 Å². The average molecular weight is 719 g/mol. The summed E-state index contributed by atoms with van der Waals surface area (Å²) in [7, 11) is 0. The van der Waals surface area contributed by atoms with Gasteiger partial charge in [-0.25, -0.2) is 4.99 Å². The summed E-state index contributed by atoms with van der Waals surface area (Å²) in [5.41, 5.74) is 7.07. The summed E-state index contributed by atoms with van der Waals surface area (Å²) in [5, 5.41) is 10.2. The standard InChI is InChI=1S/C33H23Br3N2O2/c1-20-3-9-24(10-4-20)30-27(17-37)33(40-31(30)25-11-5-21(2)6-12-25)38-18-23-15-28(35)32(29(36)16-23)39-19-22-7-13-26(34)14-8-22/h3-16,18H,19H2,1-2H3. The van der Waals surface area contributed by atoms with Crippen molar-refractivity contribution in [1.82, 2.24) is 0 Å². The molecule has 0 aliphatic heterocycles. The predicted octanol–water partition coefficient (Wildman–Crippen LogP) is 10.7. The number of ether oxygens (including phenoxy) is 1. The van der Waals surface area contributed by atoms with E-state index in [0.29, 0.717) is 23.7 Å². The van der Waals surface area contributed by atoms with Crippen LogP contribution < -0.4 is 4.74 Å². The van der Waals surface area contributed by atoms with Crippen LogP contribution in [0.5, 0.6) is 5.75 Å². The van der Waals surface area contributed by atoms with E-state index in [-0.39, 0.29) is 5.88 Å². The van der Waals surface area contributed by atoms with Gasteiger partial charge in [0.2, 0.25) is 5.88 Å². The maximum absolute atomic E-state index is 10.2. The Bertz CT molecular complexity index is 1710. The van der Waals surface area contributed by atoms with Gasteiger partial charge in [-0.2, -0.15) is 5.26 Å². The fourth-order valence-corrected chi connectivity index (χ4v) is 5.89. The molecule has 1 heterocycles. The van der Waals surface area contributed by atoms with E-state index in [1.165, 1.54) is 0 Å². The second kappa shape index (κ2) is 12.4. The monoisotopic (exact) mass is 716 g/mol. The molecular weight excluding hydrogens is 696 g/mol. The first-order valence-corrected chi connectivity index (χ1v) is 14.8. The Morgan fingerprint density at radius 2 is 1.40 bits per heavy atom. The van der Waals surface area contributed by atoms with E-state index in [1.54, 1.807) is 6.21 Å². The van der Waals surface area contributed by atoms with Crippen molar-refractivity contribution in [3.05, 3.63) is 126 Å². The highest BCUT2D eigenvalue weighted by Crippen LogP contribution is 2.43. The number of nitrogens with zero attached hydrogens (tertiary/aromatic N) is 2. The number of aryl methyl sites for hydroxylation is 2. The number of rotatable bonds is 7. The second-order valence-electron chi connectivity index (χ2n) is 9.32. The first-order valence-electron chi connectivity index (χ1n) is 12.4. The summed E-state index contributed by atoms with van der Waals surface area (Å²) >= 11 is 10.7. The molecule has 0 bridgehead atoms. The Morgan fingerprint density at radius 3 is 1.98 bits per heavy atom. The summed E-state index contributed by atoms with van der Waals surface area (Å²) in [6.45, 7) is 4.50. The number of benzene rings is 4. The van der Waals surface area contributed by atoms with Gasteiger partial charge in [-0.3, -0.25) is 0 Å². The van der Waals surface area contributed by atoms with Crippen LogP contribution >= 0.6 is 47.8 Å². The molecule has 40 heavy (non-hydrogen) atoms. The lowest BCUT2D eigenvalue weighted by atomic mass is 9.97. The largest absolute Gasteiger partial charge is 0.487 e. The normalized spacial score (nSPS) is 11.1. The molecule has 0 amide bonds. The van der Waals surface area contributed by atoms with Gasteiger partial charge in [0.05, 0.1) is 8.95 Å². The highest BCUT2D eigenvalue weighted by Gasteiger charge is 2.23. The highest BCUT2D eigenvalue weighted by molar-refractivity contribution is 9.11. The Kier molecular flexibility index (Phi) is 8.70. The van der Waals surface area contributed by atoms with E-state index in [2.05, 4.69) is 58.9 Å². The molecule has 1 aromatic heterocycles. The molecule has 0 aliphatic carbocycles. The van der Waals surface area contributed by atoms with Crippen molar-refractivity contribution in [1.29, 1.82) is 5.26 Å². The fraction of sp³-hybridized carbons (Fsp3) is 0.0909. The van der Waals surface area contributed by atoms with Crippen LogP contribution in [0.2, 0.25) is 0 Å². The molecular formula is C33H23Br3N2O2. The van der Waals surface area contributed by atoms with Crippen molar-refractivity contribution in [2.75, 3.05) is 0 Å². The SMILES string of the molecule is Cc1ccc(-c2oc(N=Cc3cc(Br)c(OCc4ccc(Br)cc4)c(Br)c3)c(C#N)c2-c2ccc(C)cc2)cc1. The Hall–Kier alpha value is -3.44. The fourth-order valence-electron chi connectivity index (χ4n) is 4.18. The zero-order valence-corrected chi connectivity index (χ0v) is 26.5. The third kappa shape index (κ3) is 6.31. The van der Waals surface area contributed by atoms with Gasteiger partial charge in [-0.15, -0.1) is 0 Å². The van der Waals surface area contributed by atoms with Crippen LogP contribution in [-0.4, -0.2) is 6.21 Å². The van der Waals surface area contributed by atoms with Crippen LogP contribution in [0.25, 0.3) is 22.5 Å². The number of hydrogen-bond donors (Lipinski definition) is 0. The Labute approximate surface area is 258 Å². The molecule has 0 N–H and O–H groups in total. The van der Waals surface area contributed by atoms with E-state index in [0.717, 1.165) is 52.4 Å². The molecule has 0 spiro atoms. The lowest BCUT2D eigenvalue weighted by Crippen LogP contribution is -1.97. The van der Waals surface area contributed by atoms with Crippen molar-refractivity contribution in [2.45, 2.75) is 20.5 Å². The number of aliphatic imine (C=N–C) groups is 1. The summed E-state index contributed by atoms with van der Waals surface area (Å²) in [6, 6.07) is 30.3. The number of halogens is 3. The van der Waals surface area contributed by atoms with E-state index in [4.69, 9.17) is 9.15 Å². The van der Waals surface area contributed by atoms with Crippen molar-refractivity contribution >= 4 is 59.9 Å². The molecule has 0 atom stereocenters. The maximum Gasteiger partial charge on any atom is 0.238 e. The smallest absolute Gasteiger partial charge is 0.238 e. The molecule has 0 saturated heterocycles. The summed E-state index contributed by atoms with van der Waals surface area (Å²) in [4.78, 5) is 4.63. The summed E-state index contributed by atoms with van der Waals surface area (Å²) in [5.74, 6) is 1.57. The first-order chi connectivity index (χ1) is 19.3. The molecule has 0 saturated carbocycles. The lowest BCUT2D eigenvalue weighted by Gasteiger charge is -2.11. The van der Waals surface area contributed by atoms with Gasteiger partial charge in [0, 0.05) is 21.8 Å². The van der Waals surface area contributed by atoms with Crippen LogP contribution in [0.3, 0.4) is 0 Å². The Morgan fingerprint density at radius 1 is 0.825 bits per heavy atom. The minimum Gasteiger partial charge on any atom is -0.487 e. The van der Waals surface area contributed by atoms with E-state index in [1.807, 2.05) is 98.8 Å². The molecule has 0 radical (unpaired) electrons. The maximum atomic E-state index is 10.2. The van der Waals surface area contributed by atoms with Crippen molar-refractivity contribution in [3.63, 3.8) is 0 Å². The van der Waals surface area contributed by atoms with Gasteiger partial charge in [-0.1, -0.05) is 87.7 Å². The van der Waals surface area contributed by atoms with Crippen LogP contribution in [0.1, 0.15) is 27.8 Å². The zero-order chi connectivity index (χ0) is 28.2. The van der Waals surface area contributed by atoms with E-state index >= 15 is 0 Å². The highest BCUT2D eigenvalue weighted by atomic mass is 79.9. The van der Waals surface area contributed by atoms with Crippen LogP contribution in [0, 0.1) is 25.2 Å². The first kappa shape index (κ1) is 28.1. The number of hydrogen-bond acceptors (Lipinski definition) is 4. The second-order valence-corrected chi connectivity index (χ2v) is 11.9. The third-order valence-corrected chi connectivity index (χ3v) is 8.01. The van der Waals surface area contributed by atoms with Crippen molar-refractivity contribution in [2.24, 2.45) is 4.99 Å².